The molecule has 330 valence electrons. The van der Waals surface area contributed by atoms with E-state index in [0.29, 0.717) is 35.0 Å². The minimum atomic E-state index is -4.06. The Morgan fingerprint density at radius 3 is 1.97 bits per heavy atom. The number of alkyl carbamates (subject to hydrolysis) is 2. The largest absolute Gasteiger partial charge is 0.453 e. The van der Waals surface area contributed by atoms with E-state index in [1.54, 1.807) is 81.7 Å². The molecule has 5 N–H and O–H groups in total. The number of aromatic nitrogens is 1. The van der Waals surface area contributed by atoms with Gasteiger partial charge in [-0.3, -0.25) is 20.0 Å². The zero-order valence-electron chi connectivity index (χ0n) is 45.5. The summed E-state index contributed by atoms with van der Waals surface area (Å²) < 4.78 is 119. The highest BCUT2D eigenvalue weighted by atomic mass is 16.6. The molecule has 3 rings (SSSR count). The number of carbonyl (C=O) groups is 4. The minimum Gasteiger partial charge on any atom is -0.453 e. The molecule has 1 heterocycles. The standard InChI is InChI=1S/C44H64N6O10/c1-43(2,3)37(48-42(55)60-27-26-59-25-24-58-23-22-56-7)39(52)46-35(28-31-14-10-9-11-15-31)36(51)30-50(49-40(53)38(44(4,5)6)47-41(54)57-8)29-32-17-19-33(20-18-32)34-16-12-13-21-45-34/h9-21,35-38,51H,22-30H2,1-8H3,(H,46,52)(H,47,54)(H,48,55)(H,49,53)/t35-,36-,37+,38+/m0/s1/i4D3,5D3,6D3,29D2. The third-order valence-electron chi connectivity index (χ3n) is 8.61. The van der Waals surface area contributed by atoms with Gasteiger partial charge in [0.15, 0.2) is 0 Å². The molecule has 4 amide bonds. The van der Waals surface area contributed by atoms with Gasteiger partial charge in [-0.25, -0.2) is 14.6 Å². The molecule has 0 bridgehead atoms. The first kappa shape index (κ1) is 34.6. The van der Waals surface area contributed by atoms with Gasteiger partial charge in [-0.1, -0.05) is 102 Å². The molecule has 16 nitrogen and oxygen atoms in total. The molecule has 1 aromatic heterocycles. The molecule has 0 aliphatic heterocycles. The molecule has 0 unspecified atom stereocenters. The third-order valence-corrected chi connectivity index (χ3v) is 8.61. The smallest absolute Gasteiger partial charge is 0.407 e. The zero-order chi connectivity index (χ0) is 53.4. The highest BCUT2D eigenvalue weighted by Crippen LogP contribution is 2.23. The van der Waals surface area contributed by atoms with Gasteiger partial charge < -0.3 is 44.7 Å². The van der Waals surface area contributed by atoms with E-state index in [1.807, 2.05) is 0 Å². The summed E-state index contributed by atoms with van der Waals surface area (Å²) in [4.78, 5) is 59.0. The Morgan fingerprint density at radius 1 is 0.750 bits per heavy atom. The van der Waals surface area contributed by atoms with Crippen molar-refractivity contribution in [3.63, 3.8) is 0 Å². The van der Waals surface area contributed by atoms with Crippen LogP contribution in [0.25, 0.3) is 11.3 Å². The van der Waals surface area contributed by atoms with Crippen LogP contribution in [0.5, 0.6) is 0 Å². The van der Waals surface area contributed by atoms with Gasteiger partial charge in [0.2, 0.25) is 5.91 Å². The predicted octanol–water partition coefficient (Wildman–Crippen LogP) is 4.26. The Kier molecular flexibility index (Phi) is 14.3. The Balaban J connectivity index is 2.11. The average molecular weight is 848 g/mol. The molecular formula is C44H64N6O10. The number of methoxy groups -OCH3 is 2. The van der Waals surface area contributed by atoms with Gasteiger partial charge in [0.1, 0.15) is 18.7 Å². The van der Waals surface area contributed by atoms with Crippen LogP contribution in [-0.4, -0.2) is 124 Å². The summed E-state index contributed by atoms with van der Waals surface area (Å²) in [6, 6.07) is 13.4. The van der Waals surface area contributed by atoms with E-state index in [0.717, 1.165) is 7.11 Å². The monoisotopic (exact) mass is 848 g/mol. The van der Waals surface area contributed by atoms with Gasteiger partial charge in [-0.15, -0.1) is 0 Å². The number of hydrazine groups is 1. The normalized spacial score (nSPS) is 17.3. The number of amides is 4. The molecule has 4 atom stereocenters. The third kappa shape index (κ3) is 17.6. The summed E-state index contributed by atoms with van der Waals surface area (Å²) in [5, 5.41) is 19.7. The lowest BCUT2D eigenvalue weighted by molar-refractivity contribution is -0.132. The second-order valence-electron chi connectivity index (χ2n) is 14.5. The molecule has 0 saturated carbocycles. The van der Waals surface area contributed by atoms with Crippen LogP contribution in [-0.2, 0) is 46.2 Å². The van der Waals surface area contributed by atoms with Crippen LogP contribution in [0, 0.1) is 10.8 Å². The average Bonchev–Trinajstić information content (AvgIpc) is 3.28. The highest BCUT2D eigenvalue weighted by Gasteiger charge is 2.37. The maximum absolute atomic E-state index is 14.6. The Labute approximate surface area is 369 Å². The molecule has 0 aliphatic carbocycles. The first-order valence-corrected chi connectivity index (χ1v) is 19.1. The van der Waals surface area contributed by atoms with Crippen LogP contribution in [0.1, 0.15) is 67.5 Å². The van der Waals surface area contributed by atoms with Crippen molar-refractivity contribution in [3.8, 4) is 11.3 Å². The lowest BCUT2D eigenvalue weighted by Gasteiger charge is -2.35. The molecule has 3 aromatic rings. The van der Waals surface area contributed by atoms with Crippen LogP contribution in [0.2, 0.25) is 0 Å². The number of aliphatic hydroxyl groups is 1. The number of hydrogen-bond donors (Lipinski definition) is 5. The quantitative estimate of drug-likeness (QED) is 0.0673. The second-order valence-corrected chi connectivity index (χ2v) is 14.5. The van der Waals surface area contributed by atoms with Crippen molar-refractivity contribution in [3.05, 3.63) is 90.1 Å². The molecule has 0 fully saturated rings. The van der Waals surface area contributed by atoms with Gasteiger partial charge in [0, 0.05) is 44.2 Å². The number of rotatable bonds is 23. The fraction of sp³-hybridized carbons (Fsp3) is 0.523. The number of nitrogens with one attached hydrogen (secondary N) is 4. The lowest BCUT2D eigenvalue weighted by Crippen LogP contribution is -2.61. The number of pyridine rings is 1. The highest BCUT2D eigenvalue weighted by molar-refractivity contribution is 5.87. The minimum absolute atomic E-state index is 0.0107. The molecule has 0 spiro atoms. The fourth-order valence-electron chi connectivity index (χ4n) is 5.49. The number of hydrogen-bond acceptors (Lipinski definition) is 12. The van der Waals surface area contributed by atoms with Gasteiger partial charge in [-0.05, 0) is 40.5 Å². The van der Waals surface area contributed by atoms with Crippen LogP contribution < -0.4 is 21.4 Å². The van der Waals surface area contributed by atoms with E-state index in [2.05, 4.69) is 25.8 Å². The van der Waals surface area contributed by atoms with Crippen molar-refractivity contribution in [2.45, 2.75) is 78.5 Å². The molecular weight excluding hydrogens is 773 g/mol. The van der Waals surface area contributed by atoms with Gasteiger partial charge in [-0.2, -0.15) is 0 Å². The number of benzene rings is 2. The van der Waals surface area contributed by atoms with E-state index in [1.165, 1.54) is 30.5 Å². The Morgan fingerprint density at radius 2 is 1.37 bits per heavy atom. The number of ether oxygens (including phenoxy) is 5. The summed E-state index contributed by atoms with van der Waals surface area (Å²) in [6.07, 6.45) is -3.12. The fourth-order valence-corrected chi connectivity index (χ4v) is 5.49. The first-order chi connectivity index (χ1) is 33.0. The van der Waals surface area contributed by atoms with Crippen molar-refractivity contribution in [1.29, 1.82) is 0 Å². The van der Waals surface area contributed by atoms with Crippen molar-refractivity contribution < 1.29 is 63.0 Å². The maximum Gasteiger partial charge on any atom is 0.407 e. The van der Waals surface area contributed by atoms with Crippen LogP contribution >= 0.6 is 0 Å². The van der Waals surface area contributed by atoms with Crippen LogP contribution in [0.3, 0.4) is 0 Å². The van der Waals surface area contributed by atoms with E-state index in [4.69, 9.17) is 31.3 Å². The molecule has 2 aromatic carbocycles. The number of carbonyl (C=O) groups excluding carboxylic acids is 4. The van der Waals surface area contributed by atoms with E-state index >= 15 is 0 Å². The summed E-state index contributed by atoms with van der Waals surface area (Å²) >= 11 is 0. The molecule has 0 saturated heterocycles. The van der Waals surface area contributed by atoms with Crippen molar-refractivity contribution in [1.82, 2.24) is 31.4 Å². The summed E-state index contributed by atoms with van der Waals surface area (Å²) in [6.45, 7) is -10.1. The van der Waals surface area contributed by atoms with E-state index in [-0.39, 0.29) is 38.4 Å². The van der Waals surface area contributed by atoms with E-state index < -0.39 is 92.7 Å². The van der Waals surface area contributed by atoms with Gasteiger partial charge in [0.05, 0.1) is 60.7 Å². The molecule has 0 radical (unpaired) electrons. The zero-order valence-corrected chi connectivity index (χ0v) is 34.5. The molecule has 16 heteroatoms. The first-order valence-electron chi connectivity index (χ1n) is 24.6. The van der Waals surface area contributed by atoms with Crippen LogP contribution in [0.4, 0.5) is 9.59 Å². The second kappa shape index (κ2) is 24.8. The van der Waals surface area contributed by atoms with Crippen molar-refractivity contribution >= 4 is 24.0 Å². The topological polar surface area (TPSA) is 199 Å². The molecule has 60 heavy (non-hydrogen) atoms. The number of aliphatic hydroxyl groups excluding tert-OH is 1. The maximum atomic E-state index is 14.6. The molecule has 0 aliphatic rings. The van der Waals surface area contributed by atoms with Gasteiger partial charge in [0.25, 0.3) is 5.91 Å². The van der Waals surface area contributed by atoms with Gasteiger partial charge >= 0.3 is 12.2 Å². The van der Waals surface area contributed by atoms with Crippen molar-refractivity contribution in [2.75, 3.05) is 60.4 Å². The van der Waals surface area contributed by atoms with Crippen molar-refractivity contribution in [2.24, 2.45) is 10.8 Å². The van der Waals surface area contributed by atoms with E-state index in [9.17, 15) is 27.0 Å². The van der Waals surface area contributed by atoms with Crippen LogP contribution in [0.15, 0.2) is 79.0 Å². The summed E-state index contributed by atoms with van der Waals surface area (Å²) in [5.41, 5.74) is -1.59. The lowest BCUT2D eigenvalue weighted by atomic mass is 9.85. The summed E-state index contributed by atoms with van der Waals surface area (Å²) in [5.74, 6) is -2.68. The predicted molar refractivity (Wildman–Crippen MR) is 226 cm³/mol. The Hall–Kier alpha value is -5.13. The summed E-state index contributed by atoms with van der Waals surface area (Å²) in [7, 11) is 2.32. The number of nitrogens with zero attached hydrogens (tertiary/aromatic N) is 2. The SMILES string of the molecule is [2H]C([2H])(c1ccc(-c2ccccn2)cc1)N(C[C@H](O)[C@H](Cc1ccccc1)NC(=O)[C@@H](NC(=O)OCCOCCOCCOC)C(C)(C)C)NC(=O)[C@@H](NC(=O)OC)C(C([2H])([2H])[2H])(C([2H])([2H])[2H])C([2H])([2H])[2H]. The Bertz CT molecular complexity index is 2110.